The minimum Gasteiger partial charge on any atom is -0.468 e. The Morgan fingerprint density at radius 1 is 1.61 bits per heavy atom. The van der Waals surface area contributed by atoms with Gasteiger partial charge in [0.25, 0.3) is 11.6 Å². The summed E-state index contributed by atoms with van der Waals surface area (Å²) in [7, 11) is 1.42. The van der Waals surface area contributed by atoms with E-state index in [0.717, 1.165) is 6.42 Å². The van der Waals surface area contributed by atoms with Crippen molar-refractivity contribution in [2.75, 3.05) is 7.11 Å². The summed E-state index contributed by atoms with van der Waals surface area (Å²) in [5.74, 6) is -0.226. The van der Waals surface area contributed by atoms with Crippen LogP contribution in [0.4, 0.5) is 0 Å². The lowest BCUT2D eigenvalue weighted by molar-refractivity contribution is -0.122. The first-order valence-corrected chi connectivity index (χ1v) is 5.89. The van der Waals surface area contributed by atoms with Gasteiger partial charge in [0.15, 0.2) is 0 Å². The molecule has 0 aliphatic rings. The smallest absolute Gasteiger partial charge is 0.299 e. The number of hydrogen-bond donors (Lipinski definition) is 1. The highest BCUT2D eigenvalue weighted by Gasteiger charge is 2.12. The van der Waals surface area contributed by atoms with E-state index in [2.05, 4.69) is 10.3 Å². The molecule has 0 bridgehead atoms. The van der Waals surface area contributed by atoms with Crippen LogP contribution in [0.3, 0.4) is 0 Å². The molecule has 1 atom stereocenters. The van der Waals surface area contributed by atoms with Gasteiger partial charge >= 0.3 is 0 Å². The van der Waals surface area contributed by atoms with E-state index in [9.17, 15) is 9.59 Å². The van der Waals surface area contributed by atoms with Crippen LogP contribution in [0.15, 0.2) is 10.9 Å². The number of aryl methyl sites for hydroxylation is 1. The van der Waals surface area contributed by atoms with Gasteiger partial charge in [0.2, 0.25) is 5.91 Å². The maximum atomic E-state index is 11.8. The van der Waals surface area contributed by atoms with Crippen molar-refractivity contribution >= 4 is 5.91 Å². The van der Waals surface area contributed by atoms with Crippen LogP contribution in [0.2, 0.25) is 0 Å². The number of hydrogen-bond acceptors (Lipinski definition) is 4. The molecule has 6 heteroatoms. The Kier molecular flexibility index (Phi) is 4.88. The predicted molar refractivity (Wildman–Crippen MR) is 67.7 cm³/mol. The largest absolute Gasteiger partial charge is 0.468 e. The summed E-state index contributed by atoms with van der Waals surface area (Å²) in [5.41, 5.74) is 0.272. The molecule has 0 fully saturated rings. The monoisotopic (exact) mass is 253 g/mol. The molecule has 1 amide bonds. The molecule has 0 spiro atoms. The van der Waals surface area contributed by atoms with E-state index in [-0.39, 0.29) is 30.1 Å². The molecule has 0 saturated heterocycles. The lowest BCUT2D eigenvalue weighted by Crippen LogP contribution is -2.37. The number of carbonyl (C=O) groups excluding carboxylic acids is 1. The van der Waals surface area contributed by atoms with Crippen molar-refractivity contribution in [3.8, 4) is 6.01 Å². The second-order valence-electron chi connectivity index (χ2n) is 4.19. The lowest BCUT2D eigenvalue weighted by atomic mass is 10.2. The molecule has 100 valence electrons. The average Bonchev–Trinajstić information content (AvgIpc) is 2.31. The Morgan fingerprint density at radius 3 is 2.83 bits per heavy atom. The van der Waals surface area contributed by atoms with Gasteiger partial charge in [-0.3, -0.25) is 14.2 Å². The molecule has 1 rings (SSSR count). The first kappa shape index (κ1) is 14.2. The molecule has 1 heterocycles. The Labute approximate surface area is 106 Å². The minimum atomic E-state index is -0.293. The number of amides is 1. The fraction of sp³-hybridized carbons (Fsp3) is 0.583. The molecule has 0 aromatic carbocycles. The van der Waals surface area contributed by atoms with Crippen LogP contribution in [0.5, 0.6) is 6.01 Å². The summed E-state index contributed by atoms with van der Waals surface area (Å²) >= 11 is 0. The molecular formula is C12H19N3O3. The van der Waals surface area contributed by atoms with Crippen LogP contribution in [0.1, 0.15) is 26.0 Å². The highest BCUT2D eigenvalue weighted by Crippen LogP contribution is 2.04. The summed E-state index contributed by atoms with van der Waals surface area (Å²) in [6.45, 7) is 5.50. The zero-order valence-corrected chi connectivity index (χ0v) is 11.2. The number of rotatable bonds is 5. The molecule has 1 aromatic heterocycles. The van der Waals surface area contributed by atoms with Gasteiger partial charge in [0, 0.05) is 17.8 Å². The lowest BCUT2D eigenvalue weighted by Gasteiger charge is -2.14. The van der Waals surface area contributed by atoms with E-state index in [1.807, 2.05) is 13.8 Å². The van der Waals surface area contributed by atoms with E-state index < -0.39 is 0 Å². The molecule has 18 heavy (non-hydrogen) atoms. The van der Waals surface area contributed by atoms with Crippen molar-refractivity contribution in [3.63, 3.8) is 0 Å². The Balaban J connectivity index is 2.90. The van der Waals surface area contributed by atoms with Crippen LogP contribution in [0, 0.1) is 6.92 Å². The van der Waals surface area contributed by atoms with Crippen LogP contribution in [-0.2, 0) is 11.3 Å². The topological polar surface area (TPSA) is 73.2 Å². The zero-order chi connectivity index (χ0) is 13.7. The number of nitrogens with one attached hydrogen (secondary N) is 1. The first-order valence-electron chi connectivity index (χ1n) is 5.89. The second-order valence-corrected chi connectivity index (χ2v) is 4.19. The molecule has 0 aliphatic heterocycles. The third-order valence-corrected chi connectivity index (χ3v) is 2.61. The van der Waals surface area contributed by atoms with Gasteiger partial charge in [-0.2, -0.15) is 0 Å². The molecular weight excluding hydrogens is 234 g/mol. The maximum absolute atomic E-state index is 11.8. The number of nitrogens with zero attached hydrogens (tertiary/aromatic N) is 2. The van der Waals surface area contributed by atoms with Crippen LogP contribution < -0.4 is 15.6 Å². The summed E-state index contributed by atoms with van der Waals surface area (Å²) in [6.07, 6.45) is 0.837. The van der Waals surface area contributed by atoms with Gasteiger partial charge in [-0.05, 0) is 20.3 Å². The van der Waals surface area contributed by atoms with Gasteiger partial charge < -0.3 is 10.1 Å². The average molecular weight is 253 g/mol. The quantitative estimate of drug-likeness (QED) is 0.828. The van der Waals surface area contributed by atoms with E-state index in [1.165, 1.54) is 17.7 Å². The van der Waals surface area contributed by atoms with Crippen LogP contribution >= 0.6 is 0 Å². The molecule has 1 N–H and O–H groups in total. The van der Waals surface area contributed by atoms with Crippen molar-refractivity contribution < 1.29 is 9.53 Å². The fourth-order valence-electron chi connectivity index (χ4n) is 1.46. The highest BCUT2D eigenvalue weighted by atomic mass is 16.5. The molecule has 1 unspecified atom stereocenters. The SMILES string of the molecule is CCC(C)NC(=O)Cn1c(OC)nc(C)cc1=O. The normalized spacial score (nSPS) is 12.0. The molecule has 6 nitrogen and oxygen atoms in total. The van der Waals surface area contributed by atoms with Crippen molar-refractivity contribution in [1.29, 1.82) is 0 Å². The van der Waals surface area contributed by atoms with Gasteiger partial charge in [0.1, 0.15) is 6.54 Å². The predicted octanol–water partition coefficient (Wildman–Crippen LogP) is 0.475. The second kappa shape index (κ2) is 6.18. The maximum Gasteiger partial charge on any atom is 0.299 e. The van der Waals surface area contributed by atoms with Crippen molar-refractivity contribution in [2.45, 2.75) is 39.8 Å². The van der Waals surface area contributed by atoms with Crippen molar-refractivity contribution in [1.82, 2.24) is 14.9 Å². The number of ether oxygens (including phenoxy) is 1. The first-order chi connectivity index (χ1) is 8.47. The minimum absolute atomic E-state index is 0.0811. The standard InChI is InChI=1S/C12H19N3O3/c1-5-8(2)13-10(16)7-15-11(17)6-9(3)14-12(15)18-4/h6,8H,5,7H2,1-4H3,(H,13,16). The van der Waals surface area contributed by atoms with Gasteiger partial charge in [-0.1, -0.05) is 6.92 Å². The summed E-state index contributed by atoms with van der Waals surface area (Å²) in [4.78, 5) is 27.6. The zero-order valence-electron chi connectivity index (χ0n) is 11.2. The van der Waals surface area contributed by atoms with Gasteiger partial charge in [0.05, 0.1) is 7.11 Å². The highest BCUT2D eigenvalue weighted by molar-refractivity contribution is 5.76. The van der Waals surface area contributed by atoms with E-state index in [1.54, 1.807) is 6.92 Å². The molecule has 0 saturated carbocycles. The van der Waals surface area contributed by atoms with Crippen molar-refractivity contribution in [2.24, 2.45) is 0 Å². The Bertz CT molecular complexity index is 482. The molecule has 0 radical (unpaired) electrons. The Morgan fingerprint density at radius 2 is 2.28 bits per heavy atom. The summed E-state index contributed by atoms with van der Waals surface area (Å²) in [5, 5.41) is 2.79. The van der Waals surface area contributed by atoms with Gasteiger partial charge in [-0.25, -0.2) is 4.98 Å². The third kappa shape index (κ3) is 3.58. The van der Waals surface area contributed by atoms with Gasteiger partial charge in [-0.15, -0.1) is 0 Å². The van der Waals surface area contributed by atoms with Crippen LogP contribution in [0.25, 0.3) is 0 Å². The summed E-state index contributed by atoms with van der Waals surface area (Å²) in [6, 6.07) is 1.61. The van der Waals surface area contributed by atoms with Crippen molar-refractivity contribution in [3.05, 3.63) is 22.1 Å². The fourth-order valence-corrected chi connectivity index (χ4v) is 1.46. The van der Waals surface area contributed by atoms with E-state index >= 15 is 0 Å². The molecule has 1 aromatic rings. The Hall–Kier alpha value is -1.85. The van der Waals surface area contributed by atoms with E-state index in [0.29, 0.717) is 5.69 Å². The summed E-state index contributed by atoms with van der Waals surface area (Å²) < 4.78 is 6.22. The third-order valence-electron chi connectivity index (χ3n) is 2.61. The van der Waals surface area contributed by atoms with Crippen LogP contribution in [-0.4, -0.2) is 28.6 Å². The number of carbonyl (C=O) groups is 1. The number of methoxy groups -OCH3 is 1. The number of aromatic nitrogens is 2. The molecule has 0 aliphatic carbocycles. The van der Waals surface area contributed by atoms with E-state index in [4.69, 9.17) is 4.74 Å².